The molecule has 5 heteroatoms. The van der Waals surface area contributed by atoms with Gasteiger partial charge >= 0.3 is 6.03 Å². The van der Waals surface area contributed by atoms with E-state index in [0.29, 0.717) is 18.4 Å². The van der Waals surface area contributed by atoms with Crippen molar-refractivity contribution in [2.45, 2.75) is 52.0 Å². The second-order valence-corrected chi connectivity index (χ2v) is 5.76. The summed E-state index contributed by atoms with van der Waals surface area (Å²) in [7, 11) is 0. The first-order valence-corrected chi connectivity index (χ1v) is 7.90. The zero-order valence-electron chi connectivity index (χ0n) is 12.9. The zero-order chi connectivity index (χ0) is 14.8. The molecule has 2 atom stereocenters. The molecule has 0 bridgehead atoms. The van der Waals surface area contributed by atoms with E-state index in [-0.39, 0.29) is 18.7 Å². The molecular formula is C15H30N2O3. The minimum atomic E-state index is -0.0944. The van der Waals surface area contributed by atoms with E-state index in [1.165, 1.54) is 0 Å². The molecule has 0 aromatic carbocycles. The zero-order valence-corrected chi connectivity index (χ0v) is 12.9. The molecule has 0 saturated carbocycles. The maximum atomic E-state index is 11.9. The van der Waals surface area contributed by atoms with E-state index in [1.54, 1.807) is 0 Å². The van der Waals surface area contributed by atoms with Crippen LogP contribution < -0.4 is 10.6 Å². The Morgan fingerprint density at radius 3 is 2.65 bits per heavy atom. The average Bonchev–Trinajstić information content (AvgIpc) is 2.46. The van der Waals surface area contributed by atoms with E-state index < -0.39 is 0 Å². The van der Waals surface area contributed by atoms with Gasteiger partial charge in [-0.05, 0) is 44.4 Å². The number of carbonyl (C=O) groups excluding carboxylic acids is 1. The lowest BCUT2D eigenvalue weighted by atomic mass is 9.93. The summed E-state index contributed by atoms with van der Waals surface area (Å²) in [5, 5.41) is 15.0. The predicted octanol–water partition coefficient (Wildman–Crippen LogP) is 1.90. The summed E-state index contributed by atoms with van der Waals surface area (Å²) in [5.74, 6) is 0.882. The third kappa shape index (κ3) is 6.57. The number of aliphatic hydroxyl groups is 1. The molecular weight excluding hydrogens is 256 g/mol. The SMILES string of the molecule is CCCC(CCO)CNC(=O)NC(C)C1CCOCC1. The highest BCUT2D eigenvalue weighted by Crippen LogP contribution is 2.18. The van der Waals surface area contributed by atoms with Gasteiger partial charge < -0.3 is 20.5 Å². The summed E-state index contributed by atoms with van der Waals surface area (Å²) in [4.78, 5) is 11.9. The predicted molar refractivity (Wildman–Crippen MR) is 79.6 cm³/mol. The molecule has 0 aromatic heterocycles. The molecule has 2 amide bonds. The van der Waals surface area contributed by atoms with Gasteiger partial charge in [-0.3, -0.25) is 0 Å². The Hall–Kier alpha value is -0.810. The number of carbonyl (C=O) groups is 1. The molecule has 1 fully saturated rings. The number of urea groups is 1. The molecule has 118 valence electrons. The van der Waals surface area contributed by atoms with Gasteiger partial charge in [-0.1, -0.05) is 13.3 Å². The minimum Gasteiger partial charge on any atom is -0.396 e. The standard InChI is InChI=1S/C15H30N2O3/c1-3-4-13(5-8-18)11-16-15(19)17-12(2)14-6-9-20-10-7-14/h12-14,18H,3-11H2,1-2H3,(H2,16,17,19). The van der Waals surface area contributed by atoms with Crippen LogP contribution in [0, 0.1) is 11.8 Å². The van der Waals surface area contributed by atoms with Crippen molar-refractivity contribution in [2.75, 3.05) is 26.4 Å². The van der Waals surface area contributed by atoms with E-state index in [1.807, 2.05) is 0 Å². The first-order valence-electron chi connectivity index (χ1n) is 7.90. The number of hydrogen-bond donors (Lipinski definition) is 3. The molecule has 20 heavy (non-hydrogen) atoms. The lowest BCUT2D eigenvalue weighted by Gasteiger charge is -2.28. The van der Waals surface area contributed by atoms with Crippen molar-refractivity contribution in [3.8, 4) is 0 Å². The molecule has 0 spiro atoms. The van der Waals surface area contributed by atoms with Crippen molar-refractivity contribution in [1.82, 2.24) is 10.6 Å². The van der Waals surface area contributed by atoms with Crippen LogP contribution in [-0.4, -0.2) is 43.5 Å². The maximum Gasteiger partial charge on any atom is 0.315 e. The number of rotatable bonds is 8. The molecule has 2 unspecified atom stereocenters. The van der Waals surface area contributed by atoms with E-state index in [2.05, 4.69) is 24.5 Å². The molecule has 0 radical (unpaired) electrons. The van der Waals surface area contributed by atoms with Gasteiger partial charge in [-0.2, -0.15) is 0 Å². The number of amides is 2. The van der Waals surface area contributed by atoms with Crippen LogP contribution in [0.2, 0.25) is 0 Å². The Morgan fingerprint density at radius 2 is 2.05 bits per heavy atom. The van der Waals surface area contributed by atoms with Gasteiger partial charge in [0.1, 0.15) is 0 Å². The lowest BCUT2D eigenvalue weighted by molar-refractivity contribution is 0.0570. The molecule has 1 aliphatic heterocycles. The van der Waals surface area contributed by atoms with Gasteiger partial charge in [0.2, 0.25) is 0 Å². The normalized spacial score (nSPS) is 19.4. The largest absolute Gasteiger partial charge is 0.396 e. The lowest BCUT2D eigenvalue weighted by Crippen LogP contribution is -2.46. The van der Waals surface area contributed by atoms with Gasteiger partial charge in [0.25, 0.3) is 0 Å². The van der Waals surface area contributed by atoms with Crippen LogP contribution in [0.15, 0.2) is 0 Å². The Labute approximate surface area is 122 Å². The fraction of sp³-hybridized carbons (Fsp3) is 0.933. The topological polar surface area (TPSA) is 70.6 Å². The first kappa shape index (κ1) is 17.2. The Balaban J connectivity index is 2.23. The highest BCUT2D eigenvalue weighted by Gasteiger charge is 2.21. The van der Waals surface area contributed by atoms with E-state index >= 15 is 0 Å². The summed E-state index contributed by atoms with van der Waals surface area (Å²) in [5.41, 5.74) is 0. The fourth-order valence-corrected chi connectivity index (χ4v) is 2.77. The molecule has 1 heterocycles. The summed E-state index contributed by atoms with van der Waals surface area (Å²) < 4.78 is 5.34. The number of ether oxygens (including phenoxy) is 1. The van der Waals surface area contributed by atoms with E-state index in [4.69, 9.17) is 9.84 Å². The Bertz CT molecular complexity index is 262. The van der Waals surface area contributed by atoms with E-state index in [0.717, 1.165) is 45.3 Å². The van der Waals surface area contributed by atoms with Crippen LogP contribution in [0.3, 0.4) is 0 Å². The van der Waals surface area contributed by atoms with Crippen molar-refractivity contribution in [1.29, 1.82) is 0 Å². The number of aliphatic hydroxyl groups excluding tert-OH is 1. The minimum absolute atomic E-state index is 0.0944. The number of nitrogens with one attached hydrogen (secondary N) is 2. The third-order valence-electron chi connectivity index (χ3n) is 4.12. The van der Waals surface area contributed by atoms with Crippen molar-refractivity contribution in [2.24, 2.45) is 11.8 Å². The monoisotopic (exact) mass is 286 g/mol. The summed E-state index contributed by atoms with van der Waals surface area (Å²) >= 11 is 0. The quantitative estimate of drug-likeness (QED) is 0.638. The van der Waals surface area contributed by atoms with Crippen LogP contribution in [0.25, 0.3) is 0 Å². The van der Waals surface area contributed by atoms with Gasteiger partial charge in [0.15, 0.2) is 0 Å². The highest BCUT2D eigenvalue weighted by molar-refractivity contribution is 5.74. The molecule has 1 saturated heterocycles. The highest BCUT2D eigenvalue weighted by atomic mass is 16.5. The van der Waals surface area contributed by atoms with Crippen molar-refractivity contribution in [3.05, 3.63) is 0 Å². The first-order chi connectivity index (χ1) is 9.67. The van der Waals surface area contributed by atoms with Gasteiger partial charge in [-0.15, -0.1) is 0 Å². The fourth-order valence-electron chi connectivity index (χ4n) is 2.77. The van der Waals surface area contributed by atoms with Crippen molar-refractivity contribution in [3.63, 3.8) is 0 Å². The van der Waals surface area contributed by atoms with Crippen molar-refractivity contribution >= 4 is 6.03 Å². The van der Waals surface area contributed by atoms with Crippen LogP contribution in [0.5, 0.6) is 0 Å². The molecule has 1 aliphatic rings. The molecule has 0 aliphatic carbocycles. The molecule has 0 aromatic rings. The molecule has 1 rings (SSSR count). The van der Waals surface area contributed by atoms with Crippen LogP contribution in [0.4, 0.5) is 4.79 Å². The third-order valence-corrected chi connectivity index (χ3v) is 4.12. The summed E-state index contributed by atoms with van der Waals surface area (Å²) in [6.07, 6.45) is 4.90. The van der Waals surface area contributed by atoms with Gasteiger partial charge in [-0.25, -0.2) is 4.79 Å². The van der Waals surface area contributed by atoms with Crippen LogP contribution in [0.1, 0.15) is 46.0 Å². The summed E-state index contributed by atoms with van der Waals surface area (Å²) in [6, 6.07) is 0.0874. The van der Waals surface area contributed by atoms with Crippen LogP contribution >= 0.6 is 0 Å². The maximum absolute atomic E-state index is 11.9. The number of hydrogen-bond acceptors (Lipinski definition) is 3. The molecule has 5 nitrogen and oxygen atoms in total. The van der Waals surface area contributed by atoms with Gasteiger partial charge in [0.05, 0.1) is 0 Å². The van der Waals surface area contributed by atoms with Gasteiger partial charge in [0, 0.05) is 32.4 Å². The van der Waals surface area contributed by atoms with Crippen molar-refractivity contribution < 1.29 is 14.6 Å². The Kier molecular flexibility index (Phi) is 8.62. The second-order valence-electron chi connectivity index (χ2n) is 5.76. The van der Waals surface area contributed by atoms with Crippen LogP contribution in [-0.2, 0) is 4.74 Å². The summed E-state index contributed by atoms with van der Waals surface area (Å²) in [6.45, 7) is 6.61. The van der Waals surface area contributed by atoms with E-state index in [9.17, 15) is 4.79 Å². The smallest absolute Gasteiger partial charge is 0.315 e. The Morgan fingerprint density at radius 1 is 1.35 bits per heavy atom. The second kappa shape index (κ2) is 10.00. The molecule has 3 N–H and O–H groups in total. The average molecular weight is 286 g/mol.